The number of cyclic esters (lactones) is 1. The average molecular weight is 1270 g/mol. The number of likely N-dealkylation sites (N-methyl/N-ethyl adjacent to an activating group) is 2. The Morgan fingerprint density at radius 3 is 1.83 bits per heavy atom. The summed E-state index contributed by atoms with van der Waals surface area (Å²) in [7, 11) is 12.0. The first-order chi connectivity index (χ1) is 42.0. The molecule has 7 rings (SSSR count). The zero-order valence-electron chi connectivity index (χ0n) is 55.6. The minimum Gasteiger partial charge on any atom is -0.497 e. The SMILES string of the molecule is CC[C@H]1OC(=O)[C@H](C)[C@@H](O[C@H]2C[C@@](C)(OC)[C@@H](O)[C@H](C)O2)[C@H](C)[C@@H](O[C@@H]2O[C@H](C)C[C@H](N(C)C)[C@H]2OC(=O)[C@@H]2CCCN2C(=O)CCSC(c2ccc(OC)cc2)(c2ccc(OC)cc2)c2ccc(OC)cc2)[C@](C)(O)C[C@@H](C)CN(C)[C@H](C)[C@@H](O)[C@]1(C)O. The van der Waals surface area contributed by atoms with Crippen LogP contribution in [0.4, 0.5) is 0 Å². The molecule has 21 heteroatoms. The number of methoxy groups -OCH3 is 4. The van der Waals surface area contributed by atoms with Crippen LogP contribution in [0.15, 0.2) is 72.8 Å². The van der Waals surface area contributed by atoms with Crippen LogP contribution in [0.3, 0.4) is 0 Å². The first-order valence-electron chi connectivity index (χ1n) is 31.6. The largest absolute Gasteiger partial charge is 0.497 e. The van der Waals surface area contributed by atoms with Gasteiger partial charge in [-0.3, -0.25) is 9.59 Å². The zero-order valence-corrected chi connectivity index (χ0v) is 56.4. The summed E-state index contributed by atoms with van der Waals surface area (Å²) >= 11 is 1.61. The second-order valence-electron chi connectivity index (χ2n) is 26.3. The van der Waals surface area contributed by atoms with Gasteiger partial charge < -0.3 is 82.5 Å². The zero-order chi connectivity index (χ0) is 65.5. The predicted octanol–water partition coefficient (Wildman–Crippen LogP) is 7.58. The Bertz CT molecular complexity index is 2640. The number of nitrogens with zero attached hydrogens (tertiary/aromatic N) is 3. The molecule has 4 aliphatic heterocycles. The number of hydrogen-bond donors (Lipinski definition) is 4. The summed E-state index contributed by atoms with van der Waals surface area (Å²) in [5.74, 6) is -1.39. The molecule has 0 aromatic heterocycles. The number of esters is 2. The number of aliphatic hydroxyl groups is 4. The molecule has 0 bridgehead atoms. The lowest BCUT2D eigenvalue weighted by molar-refractivity contribution is -0.319. The quantitative estimate of drug-likeness (QED) is 0.0669. The van der Waals surface area contributed by atoms with Crippen LogP contribution < -0.4 is 14.2 Å². The minimum atomic E-state index is -1.88. The molecule has 4 saturated heterocycles. The van der Waals surface area contributed by atoms with Crippen LogP contribution in [0.2, 0.25) is 0 Å². The summed E-state index contributed by atoms with van der Waals surface area (Å²) in [4.78, 5) is 50.2. The molecule has 4 heterocycles. The molecule has 498 valence electrons. The highest BCUT2D eigenvalue weighted by Gasteiger charge is 2.54. The summed E-state index contributed by atoms with van der Waals surface area (Å²) in [6, 6.07) is 21.8. The van der Waals surface area contributed by atoms with Crippen LogP contribution in [0.1, 0.15) is 131 Å². The van der Waals surface area contributed by atoms with Crippen LogP contribution in [0.5, 0.6) is 17.2 Å². The van der Waals surface area contributed by atoms with Crippen LogP contribution in [0.25, 0.3) is 0 Å². The molecule has 4 fully saturated rings. The van der Waals surface area contributed by atoms with Crippen molar-refractivity contribution in [1.82, 2.24) is 14.7 Å². The Morgan fingerprint density at radius 2 is 1.33 bits per heavy atom. The fraction of sp³-hybridized carbons (Fsp3) is 0.691. The van der Waals surface area contributed by atoms with Crippen molar-refractivity contribution in [3.8, 4) is 17.2 Å². The van der Waals surface area contributed by atoms with Crippen molar-refractivity contribution in [2.45, 2.75) is 215 Å². The molecule has 19 atom stereocenters. The highest BCUT2D eigenvalue weighted by Crippen LogP contribution is 2.50. The van der Waals surface area contributed by atoms with Crippen molar-refractivity contribution >= 4 is 29.6 Å². The summed E-state index contributed by atoms with van der Waals surface area (Å²) < 4.78 is 61.9. The van der Waals surface area contributed by atoms with Gasteiger partial charge in [0.15, 0.2) is 18.7 Å². The van der Waals surface area contributed by atoms with Gasteiger partial charge in [-0.25, -0.2) is 4.79 Å². The highest BCUT2D eigenvalue weighted by atomic mass is 32.2. The van der Waals surface area contributed by atoms with Gasteiger partial charge in [0, 0.05) is 50.8 Å². The number of thioether (sulfide) groups is 1. The fourth-order valence-electron chi connectivity index (χ4n) is 14.0. The van der Waals surface area contributed by atoms with Crippen molar-refractivity contribution in [1.29, 1.82) is 0 Å². The van der Waals surface area contributed by atoms with Crippen LogP contribution in [-0.4, -0.2) is 218 Å². The van der Waals surface area contributed by atoms with Gasteiger partial charge >= 0.3 is 11.9 Å². The lowest BCUT2D eigenvalue weighted by Crippen LogP contribution is -2.61. The number of benzene rings is 3. The maximum absolute atomic E-state index is 15.1. The molecule has 0 spiro atoms. The van der Waals surface area contributed by atoms with Crippen molar-refractivity contribution < 1.29 is 82.2 Å². The normalized spacial score (nSPS) is 35.5. The second-order valence-corrected chi connectivity index (χ2v) is 27.6. The van der Waals surface area contributed by atoms with E-state index in [4.69, 9.17) is 47.4 Å². The van der Waals surface area contributed by atoms with E-state index in [0.717, 1.165) is 16.7 Å². The number of amides is 1. The summed E-state index contributed by atoms with van der Waals surface area (Å²) in [5.41, 5.74) is -1.85. The standard InChI is InChI=1S/C68H103N3O17S/c1-18-54-67(10,78)59(73)44(6)70(13)39-40(2)37-65(8,77)61(42(4)57(43(5)62(75)85-54)86-56-38-66(9,82-17)60(74)45(7)84-56)88-64-58(53(69(11)12)36-41(3)83-64)87-63(76)52-20-19-34-71(52)55(72)33-35-89-68(46-21-27-49(79-14)28-22-46,47-23-29-50(80-15)30-24-47)48-25-31-51(81-16)32-26-48/h21-32,40-45,52-54,56-61,64,73-74,77-78H,18-20,33-39H2,1-17H3/t40-,41-,42+,43-,44-,45+,52+,53+,54-,56+,57+,58-,59-,60+,61-,64+,65-,66-,67-/m1/s1. The van der Waals surface area contributed by atoms with Crippen molar-refractivity contribution in [2.24, 2.45) is 17.8 Å². The third kappa shape index (κ3) is 16.1. The van der Waals surface area contributed by atoms with E-state index in [2.05, 4.69) is 0 Å². The number of carbonyl (C=O) groups excluding carboxylic acids is 3. The van der Waals surface area contributed by atoms with Crippen molar-refractivity contribution in [3.63, 3.8) is 0 Å². The summed E-state index contributed by atoms with van der Waals surface area (Å²) in [6.07, 6.45) is -8.68. The van der Waals surface area contributed by atoms with Crippen molar-refractivity contribution in [3.05, 3.63) is 89.5 Å². The van der Waals surface area contributed by atoms with Gasteiger partial charge in [-0.1, -0.05) is 57.2 Å². The summed E-state index contributed by atoms with van der Waals surface area (Å²) in [5, 5.41) is 48.4. The molecule has 3 aromatic carbocycles. The number of ether oxygens (including phenoxy) is 10. The topological polar surface area (TPSA) is 234 Å². The van der Waals surface area contributed by atoms with E-state index in [-0.39, 0.29) is 37.5 Å². The van der Waals surface area contributed by atoms with Crippen molar-refractivity contribution in [2.75, 3.05) is 68.4 Å². The Balaban J connectivity index is 1.21. The van der Waals surface area contributed by atoms with Gasteiger partial charge in [-0.2, -0.15) is 0 Å². The molecular weight excluding hydrogens is 1160 g/mol. The van der Waals surface area contributed by atoms with E-state index in [9.17, 15) is 30.0 Å². The smallest absolute Gasteiger partial charge is 0.329 e. The van der Waals surface area contributed by atoms with Gasteiger partial charge in [-0.05, 0) is 161 Å². The molecule has 89 heavy (non-hydrogen) atoms. The van der Waals surface area contributed by atoms with Gasteiger partial charge in [0.1, 0.15) is 47.2 Å². The van der Waals surface area contributed by atoms with Gasteiger partial charge in [0.2, 0.25) is 5.91 Å². The van der Waals surface area contributed by atoms with Gasteiger partial charge in [-0.15, -0.1) is 11.8 Å². The van der Waals surface area contributed by atoms with Gasteiger partial charge in [0.05, 0.1) is 73.7 Å². The Labute approximate surface area is 532 Å². The number of carbonyl (C=O) groups is 3. The van der Waals surface area contributed by atoms with E-state index in [1.165, 1.54) is 14.0 Å². The van der Waals surface area contributed by atoms with Gasteiger partial charge in [0.25, 0.3) is 0 Å². The fourth-order valence-corrected chi connectivity index (χ4v) is 15.5. The summed E-state index contributed by atoms with van der Waals surface area (Å²) in [6.45, 7) is 18.2. The number of likely N-dealkylation sites (tertiary alicyclic amines) is 1. The molecule has 1 amide bonds. The molecule has 0 aliphatic carbocycles. The maximum Gasteiger partial charge on any atom is 0.329 e. The molecule has 0 radical (unpaired) electrons. The second kappa shape index (κ2) is 30.4. The minimum absolute atomic E-state index is 0.0604. The van der Waals surface area contributed by atoms with E-state index in [1.807, 2.05) is 125 Å². The third-order valence-electron chi connectivity index (χ3n) is 19.4. The lowest BCUT2D eigenvalue weighted by Gasteiger charge is -2.49. The average Bonchev–Trinajstić information content (AvgIpc) is 0.988. The number of rotatable bonds is 19. The molecule has 0 saturated carbocycles. The molecule has 4 N–H and O–H groups in total. The Hall–Kier alpha value is -4.62. The van der Waals surface area contributed by atoms with Crippen LogP contribution in [-0.2, 0) is 52.3 Å². The Morgan fingerprint density at radius 1 is 0.775 bits per heavy atom. The molecule has 3 aromatic rings. The third-order valence-corrected chi connectivity index (χ3v) is 21.0. The van der Waals surface area contributed by atoms with E-state index < -0.39 is 125 Å². The van der Waals surface area contributed by atoms with Crippen LogP contribution in [0, 0.1) is 17.8 Å². The molecular formula is C68H103N3O17S. The highest BCUT2D eigenvalue weighted by molar-refractivity contribution is 8.00. The van der Waals surface area contributed by atoms with E-state index >= 15 is 4.79 Å². The van der Waals surface area contributed by atoms with E-state index in [0.29, 0.717) is 55.4 Å². The lowest BCUT2D eigenvalue weighted by atomic mass is 9.77. The first kappa shape index (κ1) is 71.8. The monoisotopic (exact) mass is 1270 g/mol. The predicted molar refractivity (Wildman–Crippen MR) is 339 cm³/mol. The Kier molecular flexibility index (Phi) is 24.5. The van der Waals surface area contributed by atoms with Crippen LogP contribution >= 0.6 is 11.8 Å². The molecule has 20 nitrogen and oxygen atoms in total. The number of hydrogen-bond acceptors (Lipinski definition) is 20. The first-order valence-corrected chi connectivity index (χ1v) is 32.6. The number of aliphatic hydroxyl groups excluding tert-OH is 2. The maximum atomic E-state index is 15.1. The molecule has 0 unspecified atom stereocenters. The molecule has 4 aliphatic rings. The van der Waals surface area contributed by atoms with E-state index in [1.54, 1.807) is 79.5 Å².